The third-order valence-electron chi connectivity index (χ3n) is 5.32. The second-order valence-electron chi connectivity index (χ2n) is 6.88. The molecule has 2 aliphatic rings. The number of aromatic nitrogens is 2. The Morgan fingerprint density at radius 1 is 1.30 bits per heavy atom. The smallest absolute Gasteiger partial charge is 0.273 e. The monoisotopic (exact) mass is 338 g/mol. The molecule has 0 spiro atoms. The van der Waals surface area contributed by atoms with E-state index in [0.29, 0.717) is 23.3 Å². The Labute approximate surface area is 143 Å². The van der Waals surface area contributed by atoms with Crippen LogP contribution in [0.4, 0.5) is 0 Å². The molecule has 0 unspecified atom stereocenters. The Kier molecular flexibility index (Phi) is 5.59. The molecule has 0 bridgehead atoms. The number of rotatable bonds is 5. The van der Waals surface area contributed by atoms with Gasteiger partial charge in [-0.3, -0.25) is 14.8 Å². The molecule has 1 amide bonds. The molecular weight excluding hydrogens is 312 g/mol. The number of hydrogen-bond acceptors (Lipinski definition) is 3. The number of aryl methyl sites for hydroxylation is 1. The maximum Gasteiger partial charge on any atom is 0.273 e. The van der Waals surface area contributed by atoms with E-state index in [2.05, 4.69) is 20.4 Å². The van der Waals surface area contributed by atoms with E-state index in [-0.39, 0.29) is 5.91 Å². The number of halogens is 1. The third kappa shape index (κ3) is 3.89. The SMILES string of the molecule is Cc1[nH]nc(C(=O)NCC[C@@H]2CCCCN2C2CCCC2)c1Cl. The van der Waals surface area contributed by atoms with E-state index in [0.717, 1.165) is 18.2 Å². The van der Waals surface area contributed by atoms with Crippen LogP contribution in [0.5, 0.6) is 0 Å². The van der Waals surface area contributed by atoms with E-state index in [1.165, 1.54) is 51.5 Å². The van der Waals surface area contributed by atoms with Crippen molar-refractivity contribution in [2.45, 2.75) is 70.4 Å². The van der Waals surface area contributed by atoms with Gasteiger partial charge in [0.15, 0.2) is 5.69 Å². The molecule has 128 valence electrons. The van der Waals surface area contributed by atoms with Gasteiger partial charge in [-0.25, -0.2) is 0 Å². The highest BCUT2D eigenvalue weighted by atomic mass is 35.5. The van der Waals surface area contributed by atoms with E-state index >= 15 is 0 Å². The van der Waals surface area contributed by atoms with Gasteiger partial charge in [-0.15, -0.1) is 0 Å². The van der Waals surface area contributed by atoms with E-state index in [1.807, 2.05) is 6.92 Å². The predicted molar refractivity (Wildman–Crippen MR) is 91.9 cm³/mol. The van der Waals surface area contributed by atoms with Gasteiger partial charge in [0.2, 0.25) is 0 Å². The van der Waals surface area contributed by atoms with Gasteiger partial charge in [0.25, 0.3) is 5.91 Å². The molecule has 1 aliphatic carbocycles. The molecule has 2 heterocycles. The first-order valence-electron chi connectivity index (χ1n) is 8.91. The van der Waals surface area contributed by atoms with Crippen molar-refractivity contribution in [3.8, 4) is 0 Å². The maximum atomic E-state index is 12.2. The fourth-order valence-corrected chi connectivity index (χ4v) is 4.22. The first-order chi connectivity index (χ1) is 11.2. The third-order valence-corrected chi connectivity index (χ3v) is 5.78. The molecule has 1 saturated carbocycles. The van der Waals surface area contributed by atoms with Crippen LogP contribution >= 0.6 is 11.6 Å². The van der Waals surface area contributed by atoms with Gasteiger partial charge in [-0.05, 0) is 45.6 Å². The molecule has 1 aromatic rings. The van der Waals surface area contributed by atoms with Gasteiger partial charge in [0.05, 0.1) is 10.7 Å². The highest BCUT2D eigenvalue weighted by Gasteiger charge is 2.30. The van der Waals surface area contributed by atoms with Crippen molar-refractivity contribution in [2.75, 3.05) is 13.1 Å². The van der Waals surface area contributed by atoms with Crippen LogP contribution in [0.15, 0.2) is 0 Å². The Morgan fingerprint density at radius 3 is 2.74 bits per heavy atom. The summed E-state index contributed by atoms with van der Waals surface area (Å²) >= 11 is 6.08. The van der Waals surface area contributed by atoms with Crippen molar-refractivity contribution in [1.82, 2.24) is 20.4 Å². The van der Waals surface area contributed by atoms with Gasteiger partial charge in [0.1, 0.15) is 0 Å². The number of nitrogens with zero attached hydrogens (tertiary/aromatic N) is 2. The minimum atomic E-state index is -0.178. The number of amides is 1. The van der Waals surface area contributed by atoms with Crippen LogP contribution < -0.4 is 5.32 Å². The molecule has 2 fully saturated rings. The molecule has 1 saturated heterocycles. The van der Waals surface area contributed by atoms with E-state index in [4.69, 9.17) is 11.6 Å². The van der Waals surface area contributed by atoms with Crippen LogP contribution in [-0.2, 0) is 0 Å². The first kappa shape index (κ1) is 16.8. The molecule has 0 radical (unpaired) electrons. The molecule has 5 nitrogen and oxygen atoms in total. The molecule has 6 heteroatoms. The highest BCUT2D eigenvalue weighted by Crippen LogP contribution is 2.30. The summed E-state index contributed by atoms with van der Waals surface area (Å²) in [6.07, 6.45) is 10.4. The second-order valence-corrected chi connectivity index (χ2v) is 7.26. The number of carbonyl (C=O) groups excluding carboxylic acids is 1. The Balaban J connectivity index is 1.50. The fraction of sp³-hybridized carbons (Fsp3) is 0.765. The number of piperidine rings is 1. The van der Waals surface area contributed by atoms with Crippen molar-refractivity contribution in [1.29, 1.82) is 0 Å². The number of carbonyl (C=O) groups is 1. The summed E-state index contributed by atoms with van der Waals surface area (Å²) in [6, 6.07) is 1.39. The molecule has 1 aliphatic heterocycles. The number of nitrogens with one attached hydrogen (secondary N) is 2. The van der Waals surface area contributed by atoms with Crippen molar-refractivity contribution >= 4 is 17.5 Å². The molecule has 0 aromatic carbocycles. The lowest BCUT2D eigenvalue weighted by molar-refractivity contribution is 0.0858. The Morgan fingerprint density at radius 2 is 2.04 bits per heavy atom. The van der Waals surface area contributed by atoms with E-state index < -0.39 is 0 Å². The molecule has 2 N–H and O–H groups in total. The largest absolute Gasteiger partial charge is 0.351 e. The number of aromatic amines is 1. The summed E-state index contributed by atoms with van der Waals surface area (Å²) in [5.41, 5.74) is 1.04. The van der Waals surface area contributed by atoms with Crippen LogP contribution in [0.3, 0.4) is 0 Å². The molecule has 1 atom stereocenters. The average molecular weight is 339 g/mol. The highest BCUT2D eigenvalue weighted by molar-refractivity contribution is 6.34. The maximum absolute atomic E-state index is 12.2. The lowest BCUT2D eigenvalue weighted by Gasteiger charge is -2.40. The number of H-pyrrole nitrogens is 1. The zero-order valence-corrected chi connectivity index (χ0v) is 14.7. The number of hydrogen-bond donors (Lipinski definition) is 2. The lowest BCUT2D eigenvalue weighted by atomic mass is 9.96. The zero-order valence-electron chi connectivity index (χ0n) is 13.9. The predicted octanol–water partition coefficient (Wildman–Crippen LogP) is 3.29. The van der Waals surface area contributed by atoms with Crippen LogP contribution in [0.1, 0.15) is 67.5 Å². The molecule has 1 aromatic heterocycles. The van der Waals surface area contributed by atoms with Crippen LogP contribution in [0.25, 0.3) is 0 Å². The minimum absolute atomic E-state index is 0.178. The summed E-state index contributed by atoms with van der Waals surface area (Å²) in [5.74, 6) is -0.178. The standard InChI is InChI=1S/C17H27ClN4O/c1-12-15(18)16(21-20-12)17(23)19-10-9-14-8-4-5-11-22(14)13-6-2-3-7-13/h13-14H,2-11H2,1H3,(H,19,23)(H,20,21)/t14-/m0/s1. The molecule has 3 rings (SSSR count). The van der Waals surface area contributed by atoms with Gasteiger partial charge >= 0.3 is 0 Å². The van der Waals surface area contributed by atoms with E-state index in [1.54, 1.807) is 0 Å². The minimum Gasteiger partial charge on any atom is -0.351 e. The van der Waals surface area contributed by atoms with Crippen molar-refractivity contribution in [3.63, 3.8) is 0 Å². The lowest BCUT2D eigenvalue weighted by Crippen LogP contribution is -2.46. The first-order valence-corrected chi connectivity index (χ1v) is 9.29. The van der Waals surface area contributed by atoms with Crippen molar-refractivity contribution in [2.24, 2.45) is 0 Å². The Hall–Kier alpha value is -1.07. The summed E-state index contributed by atoms with van der Waals surface area (Å²) in [4.78, 5) is 14.9. The fourth-order valence-electron chi connectivity index (χ4n) is 4.05. The average Bonchev–Trinajstić information content (AvgIpc) is 3.19. The van der Waals surface area contributed by atoms with Gasteiger partial charge in [-0.2, -0.15) is 5.10 Å². The summed E-state index contributed by atoms with van der Waals surface area (Å²) in [7, 11) is 0. The summed E-state index contributed by atoms with van der Waals surface area (Å²) < 4.78 is 0. The molecule has 23 heavy (non-hydrogen) atoms. The van der Waals surface area contributed by atoms with Gasteiger partial charge < -0.3 is 5.32 Å². The number of likely N-dealkylation sites (tertiary alicyclic amines) is 1. The van der Waals surface area contributed by atoms with Crippen LogP contribution in [-0.4, -0.2) is 46.2 Å². The summed E-state index contributed by atoms with van der Waals surface area (Å²) in [6.45, 7) is 3.73. The quantitative estimate of drug-likeness (QED) is 0.866. The molecular formula is C17H27ClN4O. The van der Waals surface area contributed by atoms with Gasteiger partial charge in [0, 0.05) is 18.6 Å². The van der Waals surface area contributed by atoms with E-state index in [9.17, 15) is 4.79 Å². The van der Waals surface area contributed by atoms with Crippen LogP contribution in [0, 0.1) is 6.92 Å². The van der Waals surface area contributed by atoms with Crippen molar-refractivity contribution < 1.29 is 4.79 Å². The summed E-state index contributed by atoms with van der Waals surface area (Å²) in [5, 5.41) is 10.1. The normalized spacial score (nSPS) is 23.3. The van der Waals surface area contributed by atoms with Gasteiger partial charge in [-0.1, -0.05) is 30.9 Å². The zero-order chi connectivity index (χ0) is 16.2. The van der Waals surface area contributed by atoms with Crippen molar-refractivity contribution in [3.05, 3.63) is 16.4 Å². The second kappa shape index (κ2) is 7.67. The Bertz CT molecular complexity index is 539. The van der Waals surface area contributed by atoms with Crippen LogP contribution in [0.2, 0.25) is 5.02 Å². The topological polar surface area (TPSA) is 61.0 Å².